The number of aromatic carboxylic acids is 1. The molecule has 0 amide bonds. The van der Waals surface area contributed by atoms with Gasteiger partial charge in [0.1, 0.15) is 5.56 Å². The smallest absolute Gasteiger partial charge is 0.338 e. The minimum Gasteiger partial charge on any atom is -0.478 e. The van der Waals surface area contributed by atoms with Crippen LogP contribution in [0.4, 0.5) is 10.2 Å². The summed E-state index contributed by atoms with van der Waals surface area (Å²) in [5.41, 5.74) is 4.55. The molecule has 0 spiro atoms. The highest BCUT2D eigenvalue weighted by Gasteiger charge is 2.12. The van der Waals surface area contributed by atoms with Gasteiger partial charge in [0, 0.05) is 6.20 Å². The third-order valence-corrected chi connectivity index (χ3v) is 1.15. The molecule has 0 atom stereocenters. The normalized spacial score (nSPS) is 9.55. The first-order valence-corrected chi connectivity index (χ1v) is 2.76. The number of carbonyl (C=O) groups is 1. The fraction of sp³-hybridized carbons (Fsp3) is 0. The summed E-state index contributed by atoms with van der Waals surface area (Å²) in [6.45, 7) is 0. The number of carboxylic acid groups (broad SMARTS) is 1. The van der Waals surface area contributed by atoms with Crippen molar-refractivity contribution in [2.24, 2.45) is 0 Å². The minimum absolute atomic E-state index is 0.398. The van der Waals surface area contributed by atoms with E-state index in [1.807, 2.05) is 0 Å². The average molecular weight is 156 g/mol. The topological polar surface area (TPSA) is 76.2 Å². The molecule has 0 fully saturated rings. The molecule has 1 aromatic rings. The maximum atomic E-state index is 12.7. The molecular weight excluding hydrogens is 151 g/mol. The number of hydrogen-bond donors (Lipinski definition) is 2. The summed E-state index contributed by atoms with van der Waals surface area (Å²) in [6, 6.07) is 1.05. The lowest BCUT2D eigenvalue weighted by Gasteiger charge is -1.97. The lowest BCUT2D eigenvalue weighted by molar-refractivity contribution is 0.0692. The molecule has 0 unspecified atom stereocenters. The summed E-state index contributed by atoms with van der Waals surface area (Å²) in [4.78, 5) is 13.6. The van der Waals surface area contributed by atoms with Crippen molar-refractivity contribution < 1.29 is 14.3 Å². The molecule has 0 saturated heterocycles. The van der Waals surface area contributed by atoms with Crippen LogP contribution in [0.15, 0.2) is 12.3 Å². The Morgan fingerprint density at radius 3 is 2.82 bits per heavy atom. The van der Waals surface area contributed by atoms with Crippen LogP contribution in [-0.2, 0) is 0 Å². The van der Waals surface area contributed by atoms with Gasteiger partial charge in [-0.3, -0.25) is 0 Å². The number of nitrogens with two attached hydrogens (primary N) is 1. The van der Waals surface area contributed by atoms with Gasteiger partial charge in [0.2, 0.25) is 0 Å². The van der Waals surface area contributed by atoms with Crippen molar-refractivity contribution in [2.75, 3.05) is 5.73 Å². The van der Waals surface area contributed by atoms with Crippen molar-refractivity contribution in [1.82, 2.24) is 4.98 Å². The first-order chi connectivity index (χ1) is 5.13. The van der Waals surface area contributed by atoms with E-state index in [9.17, 15) is 9.18 Å². The zero-order valence-electron chi connectivity index (χ0n) is 5.41. The summed E-state index contributed by atoms with van der Waals surface area (Å²) < 4.78 is 12.7. The lowest BCUT2D eigenvalue weighted by atomic mass is 10.2. The van der Waals surface area contributed by atoms with Gasteiger partial charge >= 0.3 is 5.97 Å². The van der Waals surface area contributed by atoms with E-state index in [4.69, 9.17) is 10.8 Å². The van der Waals surface area contributed by atoms with Gasteiger partial charge in [-0.2, -0.15) is 0 Å². The summed E-state index contributed by atoms with van der Waals surface area (Å²) in [7, 11) is 0. The van der Waals surface area contributed by atoms with Gasteiger partial charge in [0.15, 0.2) is 11.6 Å². The maximum absolute atomic E-state index is 12.7. The Balaban J connectivity index is 3.27. The van der Waals surface area contributed by atoms with E-state index in [-0.39, 0.29) is 0 Å². The van der Waals surface area contributed by atoms with Crippen LogP contribution in [0.2, 0.25) is 0 Å². The second-order valence-electron chi connectivity index (χ2n) is 1.86. The summed E-state index contributed by atoms with van der Waals surface area (Å²) in [5, 5.41) is 8.37. The number of halogens is 1. The molecule has 0 aliphatic carbocycles. The molecule has 0 bridgehead atoms. The molecule has 3 N–H and O–H groups in total. The van der Waals surface area contributed by atoms with Crippen LogP contribution in [-0.4, -0.2) is 16.1 Å². The van der Waals surface area contributed by atoms with Crippen molar-refractivity contribution in [3.05, 3.63) is 23.6 Å². The van der Waals surface area contributed by atoms with E-state index in [2.05, 4.69) is 4.98 Å². The molecule has 0 saturated carbocycles. The quantitative estimate of drug-likeness (QED) is 0.620. The predicted molar refractivity (Wildman–Crippen MR) is 35.6 cm³/mol. The van der Waals surface area contributed by atoms with E-state index in [1.165, 1.54) is 0 Å². The molecule has 4 nitrogen and oxygen atoms in total. The monoisotopic (exact) mass is 156 g/mol. The Kier molecular flexibility index (Phi) is 1.72. The zero-order chi connectivity index (χ0) is 8.43. The standard InChI is InChI=1S/C6H5FN2O2/c7-4-3(6(10)11)1-2-9-5(4)8/h1-2H,(H2,8,9)(H,10,11). The van der Waals surface area contributed by atoms with Crippen LogP contribution in [0.25, 0.3) is 0 Å². The fourth-order valence-corrected chi connectivity index (χ4v) is 0.625. The second-order valence-corrected chi connectivity index (χ2v) is 1.86. The van der Waals surface area contributed by atoms with Gasteiger partial charge in [-0.15, -0.1) is 0 Å². The Bertz CT molecular complexity index is 301. The van der Waals surface area contributed by atoms with Crippen molar-refractivity contribution >= 4 is 11.8 Å². The van der Waals surface area contributed by atoms with Gasteiger partial charge in [0.05, 0.1) is 0 Å². The van der Waals surface area contributed by atoms with Gasteiger partial charge < -0.3 is 10.8 Å². The van der Waals surface area contributed by atoms with Gasteiger partial charge in [-0.1, -0.05) is 0 Å². The summed E-state index contributed by atoms with van der Waals surface area (Å²) >= 11 is 0. The van der Waals surface area contributed by atoms with E-state index in [1.54, 1.807) is 0 Å². The van der Waals surface area contributed by atoms with Crippen molar-refractivity contribution in [1.29, 1.82) is 0 Å². The van der Waals surface area contributed by atoms with Gasteiger partial charge in [-0.05, 0) is 6.07 Å². The highest BCUT2D eigenvalue weighted by atomic mass is 19.1. The van der Waals surface area contributed by atoms with Crippen LogP contribution < -0.4 is 5.73 Å². The van der Waals surface area contributed by atoms with Gasteiger partial charge in [-0.25, -0.2) is 14.2 Å². The van der Waals surface area contributed by atoms with E-state index in [0.717, 1.165) is 12.3 Å². The maximum Gasteiger partial charge on any atom is 0.338 e. The number of rotatable bonds is 1. The molecule has 0 aliphatic rings. The molecule has 0 aliphatic heterocycles. The molecule has 0 radical (unpaired) electrons. The van der Waals surface area contributed by atoms with Crippen LogP contribution in [0.5, 0.6) is 0 Å². The van der Waals surface area contributed by atoms with E-state index in [0.29, 0.717) is 0 Å². The number of carboxylic acids is 1. The van der Waals surface area contributed by atoms with Crippen molar-refractivity contribution in [3.8, 4) is 0 Å². The number of pyridine rings is 1. The van der Waals surface area contributed by atoms with Crippen molar-refractivity contribution in [2.45, 2.75) is 0 Å². The van der Waals surface area contributed by atoms with Crippen LogP contribution in [0.1, 0.15) is 10.4 Å². The number of anilines is 1. The molecule has 1 rings (SSSR count). The zero-order valence-corrected chi connectivity index (χ0v) is 5.41. The minimum atomic E-state index is -1.35. The third-order valence-electron chi connectivity index (χ3n) is 1.15. The first-order valence-electron chi connectivity index (χ1n) is 2.76. The van der Waals surface area contributed by atoms with Crippen molar-refractivity contribution in [3.63, 3.8) is 0 Å². The van der Waals surface area contributed by atoms with E-state index < -0.39 is 23.2 Å². The highest BCUT2D eigenvalue weighted by Crippen LogP contribution is 2.10. The number of nitrogens with zero attached hydrogens (tertiary/aromatic N) is 1. The summed E-state index contributed by atoms with van der Waals surface area (Å²) in [6.07, 6.45) is 1.14. The molecule has 11 heavy (non-hydrogen) atoms. The Morgan fingerprint density at radius 1 is 1.73 bits per heavy atom. The number of nitrogen functional groups attached to an aromatic ring is 1. The largest absolute Gasteiger partial charge is 0.478 e. The fourth-order valence-electron chi connectivity index (χ4n) is 0.625. The second kappa shape index (κ2) is 2.53. The Labute approximate surface area is 61.5 Å². The molecule has 1 heterocycles. The Hall–Kier alpha value is -1.65. The molecular formula is C6H5FN2O2. The third kappa shape index (κ3) is 1.26. The van der Waals surface area contributed by atoms with Crippen LogP contribution >= 0.6 is 0 Å². The Morgan fingerprint density at radius 2 is 2.36 bits per heavy atom. The highest BCUT2D eigenvalue weighted by molar-refractivity contribution is 5.88. The van der Waals surface area contributed by atoms with Crippen LogP contribution in [0.3, 0.4) is 0 Å². The lowest BCUT2D eigenvalue weighted by Crippen LogP contribution is -2.04. The predicted octanol–water partition coefficient (Wildman–Crippen LogP) is 0.501. The molecule has 0 aromatic carbocycles. The van der Waals surface area contributed by atoms with Gasteiger partial charge in [0.25, 0.3) is 0 Å². The van der Waals surface area contributed by atoms with Crippen LogP contribution in [0, 0.1) is 5.82 Å². The molecule has 1 aromatic heterocycles. The first kappa shape index (κ1) is 7.46. The number of aromatic nitrogens is 1. The molecule has 5 heteroatoms. The SMILES string of the molecule is Nc1nccc(C(=O)O)c1F. The molecule has 58 valence electrons. The summed E-state index contributed by atoms with van der Waals surface area (Å²) in [5.74, 6) is -2.73. The number of hydrogen-bond acceptors (Lipinski definition) is 3. The average Bonchev–Trinajstić information content (AvgIpc) is 1.94. The van der Waals surface area contributed by atoms with E-state index >= 15 is 0 Å².